The van der Waals surface area contributed by atoms with Gasteiger partial charge in [-0.1, -0.05) is 24.3 Å². The van der Waals surface area contributed by atoms with Gasteiger partial charge in [0.1, 0.15) is 11.2 Å². The summed E-state index contributed by atoms with van der Waals surface area (Å²) < 4.78 is 24.5. The van der Waals surface area contributed by atoms with E-state index in [4.69, 9.17) is 23.9 Å². The quantitative estimate of drug-likeness (QED) is 0.187. The molecule has 12 heteroatoms. The Balaban J connectivity index is 0.819. The van der Waals surface area contributed by atoms with Crippen LogP contribution in [0.4, 0.5) is 10.3 Å². The number of carbonyl (C=O) groups is 2. The molecule has 49 heavy (non-hydrogen) atoms. The number of aromatic nitrogens is 2. The smallest absolute Gasteiger partial charge is 0.264 e. The van der Waals surface area contributed by atoms with E-state index in [-0.39, 0.29) is 30.6 Å². The van der Waals surface area contributed by atoms with Crippen molar-refractivity contribution in [1.82, 2.24) is 9.97 Å². The van der Waals surface area contributed by atoms with E-state index >= 15 is 0 Å². The first-order chi connectivity index (χ1) is 23.6. The van der Waals surface area contributed by atoms with E-state index in [0.29, 0.717) is 27.7 Å². The van der Waals surface area contributed by atoms with E-state index in [1.807, 2.05) is 44.2 Å². The van der Waals surface area contributed by atoms with Crippen LogP contribution in [0.3, 0.4) is 0 Å². The molecule has 2 N–H and O–H groups in total. The third kappa shape index (κ3) is 6.85. The monoisotopic (exact) mass is 700 g/mol. The fraction of sp³-hybridized carbons (Fsp3) is 0.459. The number of carbonyl (C=O) groups excluding carboxylic acids is 2. The molecule has 0 radical (unpaired) electrons. The van der Waals surface area contributed by atoms with Gasteiger partial charge in [0, 0.05) is 33.7 Å². The van der Waals surface area contributed by atoms with Gasteiger partial charge in [0.2, 0.25) is 0 Å². The second kappa shape index (κ2) is 12.6. The van der Waals surface area contributed by atoms with Crippen LogP contribution in [0.5, 0.6) is 23.0 Å². The Morgan fingerprint density at radius 2 is 1.41 bits per heavy atom. The molecule has 0 saturated heterocycles. The van der Waals surface area contributed by atoms with Gasteiger partial charge >= 0.3 is 0 Å². The number of hydrogen-bond donors (Lipinski definition) is 2. The lowest BCUT2D eigenvalue weighted by molar-refractivity contribution is -0.118. The van der Waals surface area contributed by atoms with Gasteiger partial charge in [0.15, 0.2) is 46.5 Å². The van der Waals surface area contributed by atoms with Crippen LogP contribution in [0.1, 0.15) is 72.3 Å². The maximum atomic E-state index is 12.8. The summed E-state index contributed by atoms with van der Waals surface area (Å²) >= 11 is 3.10. The molecule has 2 aliphatic carbocycles. The number of thiazole rings is 2. The van der Waals surface area contributed by atoms with Gasteiger partial charge in [-0.15, -0.1) is 22.7 Å². The fourth-order valence-corrected chi connectivity index (χ4v) is 9.74. The Labute approximate surface area is 293 Å². The number of para-hydroxylation sites is 2. The molecule has 0 fully saturated rings. The largest absolute Gasteiger partial charge is 0.483 e. The van der Waals surface area contributed by atoms with Crippen molar-refractivity contribution in [2.24, 2.45) is 5.92 Å². The summed E-state index contributed by atoms with van der Waals surface area (Å²) in [7, 11) is 0. The topological polar surface area (TPSA) is 121 Å². The summed E-state index contributed by atoms with van der Waals surface area (Å²) in [6, 6.07) is 11.7. The van der Waals surface area contributed by atoms with Crippen LogP contribution in [-0.2, 0) is 48.1 Å². The molecule has 4 heterocycles. The predicted molar refractivity (Wildman–Crippen MR) is 189 cm³/mol. The number of rotatable bonds is 10. The highest BCUT2D eigenvalue weighted by Crippen LogP contribution is 2.47. The minimum atomic E-state index is -0.395. The van der Waals surface area contributed by atoms with Gasteiger partial charge < -0.3 is 18.9 Å². The molecule has 2 aromatic carbocycles. The molecule has 0 saturated carbocycles. The number of nitrogens with one attached hydrogen (secondary N) is 2. The van der Waals surface area contributed by atoms with Crippen LogP contribution in [0.15, 0.2) is 36.4 Å². The lowest BCUT2D eigenvalue weighted by Gasteiger charge is -2.27. The fourth-order valence-electron chi connectivity index (χ4n) is 7.55. The summed E-state index contributed by atoms with van der Waals surface area (Å²) in [5.74, 6) is 2.51. The molecule has 2 amide bonds. The van der Waals surface area contributed by atoms with Crippen molar-refractivity contribution in [3.8, 4) is 23.0 Å². The Morgan fingerprint density at radius 3 is 2.08 bits per heavy atom. The molecule has 2 atom stereocenters. The maximum Gasteiger partial charge on any atom is 0.264 e. The zero-order valence-electron chi connectivity index (χ0n) is 28.0. The third-order valence-corrected chi connectivity index (χ3v) is 11.6. The zero-order chi connectivity index (χ0) is 33.8. The summed E-state index contributed by atoms with van der Waals surface area (Å²) in [6.45, 7) is 6.00. The Kier molecular flexibility index (Phi) is 8.26. The number of anilines is 2. The molecule has 256 valence electrons. The highest BCUT2D eigenvalue weighted by atomic mass is 32.1. The molecule has 2 unspecified atom stereocenters. The second-order valence-corrected chi connectivity index (χ2v) is 16.6. The van der Waals surface area contributed by atoms with E-state index in [1.54, 1.807) is 11.3 Å². The minimum Gasteiger partial charge on any atom is -0.483 e. The third-order valence-electron chi connectivity index (χ3n) is 9.54. The SMILES string of the molecule is CC1(C)Cc2cccc(OCC(=O)Nc3nc4c(s3)CC(CC3(C)Cc5cccc(OCC(=O)Nc6nc7c(s6)CCCC7)c5O3)C4)c2O1. The predicted octanol–water partition coefficient (Wildman–Crippen LogP) is 6.73. The highest BCUT2D eigenvalue weighted by molar-refractivity contribution is 7.16. The average Bonchev–Trinajstić information content (AvgIpc) is 3.85. The van der Waals surface area contributed by atoms with Gasteiger partial charge in [-0.05, 0) is 83.8 Å². The summed E-state index contributed by atoms with van der Waals surface area (Å²) in [6.07, 6.45) is 8.51. The number of ether oxygens (including phenoxy) is 4. The van der Waals surface area contributed by atoms with Crippen LogP contribution in [-0.4, -0.2) is 46.2 Å². The average molecular weight is 701 g/mol. The molecular formula is C37H40N4O6S2. The molecule has 0 bridgehead atoms. The molecule has 2 aliphatic heterocycles. The molecular weight excluding hydrogens is 661 g/mol. The lowest BCUT2D eigenvalue weighted by atomic mass is 9.87. The molecule has 0 spiro atoms. The second-order valence-electron chi connectivity index (χ2n) is 14.4. The first-order valence-corrected chi connectivity index (χ1v) is 18.7. The van der Waals surface area contributed by atoms with E-state index < -0.39 is 5.60 Å². The van der Waals surface area contributed by atoms with E-state index in [2.05, 4.69) is 28.6 Å². The number of hydrogen-bond acceptors (Lipinski definition) is 10. The summed E-state index contributed by atoms with van der Waals surface area (Å²) in [4.78, 5) is 37.3. The van der Waals surface area contributed by atoms with Gasteiger partial charge in [-0.2, -0.15) is 0 Å². The zero-order valence-corrected chi connectivity index (χ0v) is 29.6. The van der Waals surface area contributed by atoms with Crippen molar-refractivity contribution >= 4 is 44.8 Å². The molecule has 4 aliphatic rings. The van der Waals surface area contributed by atoms with Crippen LogP contribution >= 0.6 is 22.7 Å². The lowest BCUT2D eigenvalue weighted by Crippen LogP contribution is -2.33. The van der Waals surface area contributed by atoms with E-state index in [9.17, 15) is 9.59 Å². The molecule has 4 aromatic rings. The van der Waals surface area contributed by atoms with Crippen molar-refractivity contribution in [2.75, 3.05) is 23.8 Å². The Bertz CT molecular complexity index is 1890. The van der Waals surface area contributed by atoms with Crippen LogP contribution in [0.2, 0.25) is 0 Å². The van der Waals surface area contributed by atoms with Crippen LogP contribution < -0.4 is 29.6 Å². The molecule has 8 rings (SSSR count). The van der Waals surface area contributed by atoms with Gasteiger partial charge in [0.05, 0.1) is 11.4 Å². The molecule has 10 nitrogen and oxygen atoms in total. The highest BCUT2D eigenvalue weighted by Gasteiger charge is 2.41. The minimum absolute atomic E-state index is 0.110. The van der Waals surface area contributed by atoms with Gasteiger partial charge in [-0.3, -0.25) is 20.2 Å². The Hall–Kier alpha value is -4.16. The molecule has 2 aromatic heterocycles. The summed E-state index contributed by atoms with van der Waals surface area (Å²) in [5, 5.41) is 7.08. The number of amides is 2. The number of benzene rings is 2. The van der Waals surface area contributed by atoms with Crippen molar-refractivity contribution in [3.63, 3.8) is 0 Å². The van der Waals surface area contributed by atoms with Crippen LogP contribution in [0, 0.1) is 5.92 Å². The normalized spacial score (nSPS) is 21.1. The first kappa shape index (κ1) is 32.1. The standard InChI is InChI=1S/C37H40N4O6S2/c1-36(2)17-22-8-6-11-26(32(22)46-36)44-19-31(43)41-35-39-25-14-21(15-29(25)49-35)16-37(3)18-23-9-7-12-27(33(23)47-37)45-20-30(42)40-34-38-24-10-4-5-13-28(24)48-34/h6-9,11-12,21H,4-5,10,13-20H2,1-3H3,(H,38,40,42)(H,39,41,43). The van der Waals surface area contributed by atoms with Crippen molar-refractivity contribution in [1.29, 1.82) is 0 Å². The van der Waals surface area contributed by atoms with Crippen molar-refractivity contribution in [2.45, 2.75) is 89.8 Å². The van der Waals surface area contributed by atoms with Gasteiger partial charge in [-0.25, -0.2) is 9.97 Å². The van der Waals surface area contributed by atoms with Gasteiger partial charge in [0.25, 0.3) is 11.8 Å². The number of fused-ring (bicyclic) bond motifs is 4. The van der Waals surface area contributed by atoms with E-state index in [0.717, 1.165) is 85.4 Å². The van der Waals surface area contributed by atoms with Crippen LogP contribution in [0.25, 0.3) is 0 Å². The maximum absolute atomic E-state index is 12.8. The van der Waals surface area contributed by atoms with Crippen molar-refractivity contribution in [3.05, 3.63) is 68.7 Å². The summed E-state index contributed by atoms with van der Waals surface area (Å²) in [5.41, 5.74) is 3.66. The van der Waals surface area contributed by atoms with Crippen molar-refractivity contribution < 1.29 is 28.5 Å². The first-order valence-electron chi connectivity index (χ1n) is 17.0. The van der Waals surface area contributed by atoms with E-state index in [1.165, 1.54) is 27.5 Å². The number of nitrogens with zero attached hydrogens (tertiary/aromatic N) is 2. The number of aryl methyl sites for hydroxylation is 2. The Morgan fingerprint density at radius 1 is 0.796 bits per heavy atom.